The molecular formula is C21H30ClN3O4. The summed E-state index contributed by atoms with van der Waals surface area (Å²) < 4.78 is 10.7. The van der Waals surface area contributed by atoms with Crippen molar-refractivity contribution in [1.82, 2.24) is 15.5 Å². The van der Waals surface area contributed by atoms with E-state index >= 15 is 0 Å². The number of fused-ring (bicyclic) bond motifs is 4. The molecule has 160 valence electrons. The molecule has 3 aliphatic heterocycles. The zero-order valence-electron chi connectivity index (χ0n) is 16.8. The summed E-state index contributed by atoms with van der Waals surface area (Å²) in [5.41, 5.74) is 0. The van der Waals surface area contributed by atoms with E-state index in [4.69, 9.17) is 9.47 Å². The second-order valence-corrected chi connectivity index (χ2v) is 8.01. The van der Waals surface area contributed by atoms with Gasteiger partial charge in [0.05, 0.1) is 13.2 Å². The highest BCUT2D eigenvalue weighted by molar-refractivity contribution is 5.85. The molecule has 4 rings (SSSR count). The largest absolute Gasteiger partial charge is 0.497 e. The summed E-state index contributed by atoms with van der Waals surface area (Å²) in [5.74, 6) is 2.31. The van der Waals surface area contributed by atoms with Crippen molar-refractivity contribution >= 4 is 24.2 Å². The molecule has 0 aromatic heterocycles. The number of carbonyl (C=O) groups excluding carboxylic acids is 2. The van der Waals surface area contributed by atoms with Gasteiger partial charge in [-0.2, -0.15) is 0 Å². The van der Waals surface area contributed by atoms with Gasteiger partial charge in [0.1, 0.15) is 11.5 Å². The number of carbonyl (C=O) groups is 2. The minimum Gasteiger partial charge on any atom is -0.497 e. The third-order valence-corrected chi connectivity index (χ3v) is 6.32. The molecule has 0 unspecified atom stereocenters. The molecule has 0 saturated carbocycles. The van der Waals surface area contributed by atoms with Gasteiger partial charge in [0.2, 0.25) is 5.91 Å². The number of hydrogen-bond acceptors (Lipinski definition) is 5. The Bertz CT molecular complexity index is 732. The van der Waals surface area contributed by atoms with Gasteiger partial charge >= 0.3 is 0 Å². The number of amides is 2. The number of nitrogens with zero attached hydrogens (tertiary/aromatic N) is 1. The fourth-order valence-corrected chi connectivity index (χ4v) is 5.01. The van der Waals surface area contributed by atoms with E-state index in [1.165, 1.54) is 0 Å². The lowest BCUT2D eigenvalue weighted by Crippen LogP contribution is -2.66. The molecule has 0 radical (unpaired) electrons. The van der Waals surface area contributed by atoms with E-state index in [9.17, 15) is 9.59 Å². The van der Waals surface area contributed by atoms with Gasteiger partial charge in [-0.15, -0.1) is 12.4 Å². The zero-order chi connectivity index (χ0) is 19.5. The topological polar surface area (TPSA) is 79.9 Å². The van der Waals surface area contributed by atoms with Gasteiger partial charge in [0.15, 0.2) is 6.61 Å². The molecule has 3 saturated heterocycles. The monoisotopic (exact) mass is 423 g/mol. The minimum atomic E-state index is -0.172. The van der Waals surface area contributed by atoms with E-state index in [0.29, 0.717) is 42.3 Å². The number of rotatable bonds is 6. The highest BCUT2D eigenvalue weighted by Crippen LogP contribution is 2.39. The number of hydrogen-bond donors (Lipinski definition) is 2. The van der Waals surface area contributed by atoms with Crippen molar-refractivity contribution in [2.75, 3.05) is 33.4 Å². The summed E-state index contributed by atoms with van der Waals surface area (Å²) in [7, 11) is 1.59. The van der Waals surface area contributed by atoms with Crippen LogP contribution in [-0.4, -0.2) is 62.1 Å². The van der Waals surface area contributed by atoms with E-state index in [1.807, 2.05) is 12.1 Å². The van der Waals surface area contributed by atoms with E-state index in [2.05, 4.69) is 15.5 Å². The van der Waals surface area contributed by atoms with Crippen molar-refractivity contribution < 1.29 is 19.1 Å². The smallest absolute Gasteiger partial charge is 0.258 e. The fourth-order valence-electron chi connectivity index (χ4n) is 5.01. The molecular weight excluding hydrogens is 394 g/mol. The van der Waals surface area contributed by atoms with Crippen molar-refractivity contribution in [3.8, 4) is 11.5 Å². The predicted octanol–water partition coefficient (Wildman–Crippen LogP) is 1.60. The molecule has 1 aromatic rings. The lowest BCUT2D eigenvalue weighted by molar-refractivity contribution is -0.149. The number of benzene rings is 1. The van der Waals surface area contributed by atoms with Crippen LogP contribution in [0, 0.1) is 11.8 Å². The molecule has 4 atom stereocenters. The van der Waals surface area contributed by atoms with Crippen LogP contribution < -0.4 is 20.1 Å². The standard InChI is InChI=1S/C21H29N3O4.ClH/c1-27-16-4-2-5-17(9-16)28-13-20(25)23-12-19-15-8-14(10-22-11-15)18-6-3-7-21(26)24(18)19;/h2,4-5,9,14-15,18-19,22H,3,6-8,10-13H2,1H3,(H,23,25);1H/t14-,15+,18+,19+;/m1./s1. The van der Waals surface area contributed by atoms with E-state index in [0.717, 1.165) is 32.4 Å². The Hall–Kier alpha value is -1.99. The highest BCUT2D eigenvalue weighted by atomic mass is 35.5. The fraction of sp³-hybridized carbons (Fsp3) is 0.619. The van der Waals surface area contributed by atoms with Gasteiger partial charge in [0.25, 0.3) is 5.91 Å². The first-order valence-corrected chi connectivity index (χ1v) is 10.2. The molecule has 7 nitrogen and oxygen atoms in total. The van der Waals surface area contributed by atoms with Crippen LogP contribution in [0.5, 0.6) is 11.5 Å². The van der Waals surface area contributed by atoms with Crippen LogP contribution in [0.3, 0.4) is 0 Å². The molecule has 0 spiro atoms. The van der Waals surface area contributed by atoms with Crippen LogP contribution in [0.25, 0.3) is 0 Å². The van der Waals surface area contributed by atoms with Crippen molar-refractivity contribution in [2.45, 2.75) is 37.8 Å². The SMILES string of the molecule is COc1cccc(OCC(=O)NC[C@H]2[C@@H]3CNC[C@@H](C3)[C@@H]3CCCC(=O)N32)c1.Cl. The van der Waals surface area contributed by atoms with E-state index in [1.54, 1.807) is 19.2 Å². The van der Waals surface area contributed by atoms with Gasteiger partial charge < -0.3 is 25.0 Å². The van der Waals surface area contributed by atoms with Gasteiger partial charge in [-0.05, 0) is 49.8 Å². The number of piperidine rings is 3. The van der Waals surface area contributed by atoms with Crippen molar-refractivity contribution in [1.29, 1.82) is 0 Å². The number of ether oxygens (including phenoxy) is 2. The maximum atomic E-state index is 12.6. The zero-order valence-corrected chi connectivity index (χ0v) is 17.6. The Kier molecular flexibility index (Phi) is 7.24. The first-order valence-electron chi connectivity index (χ1n) is 10.2. The quantitative estimate of drug-likeness (QED) is 0.726. The Morgan fingerprint density at radius 3 is 2.90 bits per heavy atom. The summed E-state index contributed by atoms with van der Waals surface area (Å²) in [5, 5.41) is 6.51. The Balaban J connectivity index is 0.00000240. The summed E-state index contributed by atoms with van der Waals surface area (Å²) in [4.78, 5) is 27.1. The molecule has 2 N–H and O–H groups in total. The number of halogens is 1. The molecule has 3 heterocycles. The van der Waals surface area contributed by atoms with Gasteiger partial charge in [-0.25, -0.2) is 0 Å². The lowest BCUT2D eigenvalue weighted by atomic mass is 9.72. The maximum absolute atomic E-state index is 12.6. The van der Waals surface area contributed by atoms with Crippen LogP contribution in [-0.2, 0) is 9.59 Å². The molecule has 2 amide bonds. The van der Waals surface area contributed by atoms with Crippen LogP contribution in [0.1, 0.15) is 25.7 Å². The average Bonchev–Trinajstić information content (AvgIpc) is 2.73. The Labute approximate surface area is 177 Å². The van der Waals surface area contributed by atoms with Crippen molar-refractivity contribution in [3.63, 3.8) is 0 Å². The molecule has 3 aliphatic rings. The van der Waals surface area contributed by atoms with Gasteiger partial charge in [-0.1, -0.05) is 6.07 Å². The van der Waals surface area contributed by atoms with Crippen LogP contribution in [0.4, 0.5) is 0 Å². The van der Waals surface area contributed by atoms with Crippen molar-refractivity contribution in [3.05, 3.63) is 24.3 Å². The van der Waals surface area contributed by atoms with Crippen LogP contribution in [0.2, 0.25) is 0 Å². The highest BCUT2D eigenvalue weighted by Gasteiger charge is 2.47. The number of methoxy groups -OCH3 is 1. The van der Waals surface area contributed by atoms with Gasteiger partial charge in [-0.3, -0.25) is 9.59 Å². The molecule has 1 aromatic carbocycles. The summed E-state index contributed by atoms with van der Waals surface area (Å²) in [6.45, 7) is 2.34. The lowest BCUT2D eigenvalue weighted by Gasteiger charge is -2.54. The van der Waals surface area contributed by atoms with Gasteiger partial charge in [0, 0.05) is 31.6 Å². The van der Waals surface area contributed by atoms with Crippen molar-refractivity contribution in [2.24, 2.45) is 11.8 Å². The first-order chi connectivity index (χ1) is 13.7. The minimum absolute atomic E-state index is 0. The molecule has 2 bridgehead atoms. The number of nitrogens with one attached hydrogen (secondary N) is 2. The average molecular weight is 424 g/mol. The molecule has 0 aliphatic carbocycles. The van der Waals surface area contributed by atoms with E-state index < -0.39 is 0 Å². The summed E-state index contributed by atoms with van der Waals surface area (Å²) >= 11 is 0. The Morgan fingerprint density at radius 2 is 2.07 bits per heavy atom. The van der Waals surface area contributed by atoms with E-state index in [-0.39, 0.29) is 36.9 Å². The third-order valence-electron chi connectivity index (χ3n) is 6.32. The predicted molar refractivity (Wildman–Crippen MR) is 111 cm³/mol. The molecule has 3 fully saturated rings. The van der Waals surface area contributed by atoms with Crippen LogP contribution in [0.15, 0.2) is 24.3 Å². The summed E-state index contributed by atoms with van der Waals surface area (Å²) in [6, 6.07) is 7.58. The Morgan fingerprint density at radius 1 is 1.28 bits per heavy atom. The third kappa shape index (κ3) is 4.78. The maximum Gasteiger partial charge on any atom is 0.258 e. The molecule has 29 heavy (non-hydrogen) atoms. The van der Waals surface area contributed by atoms with Crippen LogP contribution >= 0.6 is 12.4 Å². The summed E-state index contributed by atoms with van der Waals surface area (Å²) in [6.07, 6.45) is 3.83. The normalized spacial score (nSPS) is 28.0. The second-order valence-electron chi connectivity index (χ2n) is 8.01. The molecule has 8 heteroatoms. The first kappa shape index (κ1) is 21.7. The second kappa shape index (κ2) is 9.67.